The van der Waals surface area contributed by atoms with Gasteiger partial charge in [0.2, 0.25) is 0 Å². The number of hydrogen-bond donors (Lipinski definition) is 1. The van der Waals surface area contributed by atoms with E-state index in [1.807, 2.05) is 23.6 Å². The van der Waals surface area contributed by atoms with Crippen LogP contribution in [0.2, 0.25) is 0 Å². The summed E-state index contributed by atoms with van der Waals surface area (Å²) in [5, 5.41) is 4.70. The molecule has 0 bridgehead atoms. The average molecular weight is 311 g/mol. The highest BCUT2D eigenvalue weighted by atomic mass is 32.1. The lowest BCUT2D eigenvalue weighted by Gasteiger charge is -2.09. The van der Waals surface area contributed by atoms with Crippen molar-refractivity contribution < 1.29 is 13.2 Å². The van der Waals surface area contributed by atoms with Crippen molar-refractivity contribution in [1.82, 2.24) is 9.38 Å². The maximum Gasteiger partial charge on any atom is 0.194 e. The van der Waals surface area contributed by atoms with Crippen LogP contribution in [0.3, 0.4) is 0 Å². The van der Waals surface area contributed by atoms with Crippen LogP contribution in [0.1, 0.15) is 17.1 Å². The van der Waals surface area contributed by atoms with Crippen LogP contribution in [0.4, 0.5) is 18.9 Å². The molecule has 0 atom stereocenters. The Balaban J connectivity index is 1.94. The fourth-order valence-electron chi connectivity index (χ4n) is 2.24. The minimum atomic E-state index is -1.21. The van der Waals surface area contributed by atoms with Crippen molar-refractivity contribution in [2.75, 3.05) is 5.32 Å². The first kappa shape index (κ1) is 13.9. The maximum absolute atomic E-state index is 13.6. The van der Waals surface area contributed by atoms with Gasteiger partial charge in [-0.05, 0) is 13.8 Å². The summed E-state index contributed by atoms with van der Waals surface area (Å²) in [7, 11) is 0. The molecule has 0 spiro atoms. The summed E-state index contributed by atoms with van der Waals surface area (Å²) in [5.74, 6) is -3.12. The molecule has 7 heteroatoms. The van der Waals surface area contributed by atoms with E-state index < -0.39 is 17.5 Å². The number of imidazole rings is 1. The quantitative estimate of drug-likeness (QED) is 0.740. The Labute approximate surface area is 123 Å². The number of aryl methyl sites for hydroxylation is 2. The van der Waals surface area contributed by atoms with Gasteiger partial charge in [0.25, 0.3) is 0 Å². The SMILES string of the molecule is Cc1nc2scc(C)n2c1CNc1cc(F)cc(F)c1F. The molecule has 110 valence electrons. The summed E-state index contributed by atoms with van der Waals surface area (Å²) < 4.78 is 41.9. The van der Waals surface area contributed by atoms with Crippen LogP contribution in [-0.4, -0.2) is 9.38 Å². The van der Waals surface area contributed by atoms with E-state index in [9.17, 15) is 13.2 Å². The van der Waals surface area contributed by atoms with Crippen molar-refractivity contribution in [1.29, 1.82) is 0 Å². The fraction of sp³-hybridized carbons (Fsp3) is 0.214. The number of anilines is 1. The third-order valence-electron chi connectivity index (χ3n) is 3.27. The van der Waals surface area contributed by atoms with Gasteiger partial charge >= 0.3 is 0 Å². The number of fused-ring (bicyclic) bond motifs is 1. The second-order valence-corrected chi connectivity index (χ2v) is 5.58. The molecule has 0 radical (unpaired) electrons. The summed E-state index contributed by atoms with van der Waals surface area (Å²) in [6.07, 6.45) is 0. The van der Waals surface area contributed by atoms with Crippen LogP contribution >= 0.6 is 11.3 Å². The molecule has 0 unspecified atom stereocenters. The van der Waals surface area contributed by atoms with Crippen molar-refractivity contribution in [2.24, 2.45) is 0 Å². The molecule has 1 aromatic carbocycles. The van der Waals surface area contributed by atoms with Gasteiger partial charge in [-0.1, -0.05) is 0 Å². The van der Waals surface area contributed by atoms with Crippen LogP contribution in [0, 0.1) is 31.3 Å². The van der Waals surface area contributed by atoms with E-state index >= 15 is 0 Å². The minimum Gasteiger partial charge on any atom is -0.377 e. The van der Waals surface area contributed by atoms with Crippen LogP contribution in [0.15, 0.2) is 17.5 Å². The standard InChI is InChI=1S/C14H12F3N3S/c1-7-6-21-14-19-8(2)12(20(7)14)5-18-11-4-9(15)3-10(16)13(11)17/h3-4,6,18H,5H2,1-2H3. The van der Waals surface area contributed by atoms with Gasteiger partial charge in [-0.25, -0.2) is 18.2 Å². The number of rotatable bonds is 3. The molecule has 0 aliphatic carbocycles. The fourth-order valence-corrected chi connectivity index (χ4v) is 3.17. The van der Waals surface area contributed by atoms with Crippen molar-refractivity contribution in [3.05, 3.63) is 52.0 Å². The molecule has 3 nitrogen and oxygen atoms in total. The zero-order chi connectivity index (χ0) is 15.1. The lowest BCUT2D eigenvalue weighted by Crippen LogP contribution is -2.07. The van der Waals surface area contributed by atoms with E-state index in [1.165, 1.54) is 11.3 Å². The molecule has 0 saturated heterocycles. The van der Waals surface area contributed by atoms with Crippen LogP contribution < -0.4 is 5.32 Å². The summed E-state index contributed by atoms with van der Waals surface area (Å²) >= 11 is 1.51. The third kappa shape index (κ3) is 2.37. The Morgan fingerprint density at radius 3 is 2.76 bits per heavy atom. The van der Waals surface area contributed by atoms with Gasteiger partial charge in [0.15, 0.2) is 16.6 Å². The number of aromatic nitrogens is 2. The number of thiazole rings is 1. The first-order valence-corrected chi connectivity index (χ1v) is 7.15. The van der Waals surface area contributed by atoms with Gasteiger partial charge in [0.05, 0.1) is 23.6 Å². The molecule has 2 heterocycles. The van der Waals surface area contributed by atoms with Crippen LogP contribution in [0.5, 0.6) is 0 Å². The molecule has 0 aliphatic heterocycles. The molecule has 0 amide bonds. The Morgan fingerprint density at radius 1 is 1.24 bits per heavy atom. The Hall–Kier alpha value is -2.02. The van der Waals surface area contributed by atoms with Crippen molar-refractivity contribution in [3.63, 3.8) is 0 Å². The zero-order valence-corrected chi connectivity index (χ0v) is 12.2. The van der Waals surface area contributed by atoms with Gasteiger partial charge in [0.1, 0.15) is 5.82 Å². The molecule has 3 aromatic rings. The lowest BCUT2D eigenvalue weighted by atomic mass is 10.2. The van der Waals surface area contributed by atoms with Gasteiger partial charge in [-0.3, -0.25) is 4.40 Å². The monoisotopic (exact) mass is 311 g/mol. The van der Waals surface area contributed by atoms with Crippen molar-refractivity contribution >= 4 is 22.0 Å². The van der Waals surface area contributed by atoms with Gasteiger partial charge in [0, 0.05) is 23.2 Å². The third-order valence-corrected chi connectivity index (χ3v) is 4.21. The predicted octanol–water partition coefficient (Wildman–Crippen LogP) is 4.04. The molecule has 0 fully saturated rings. The average Bonchev–Trinajstić information content (AvgIpc) is 2.92. The molecule has 2 aromatic heterocycles. The molecule has 0 aliphatic rings. The first-order chi connectivity index (χ1) is 9.97. The van der Waals surface area contributed by atoms with Crippen LogP contribution in [0.25, 0.3) is 4.96 Å². The molecule has 3 rings (SSSR count). The molecular weight excluding hydrogens is 299 g/mol. The summed E-state index contributed by atoms with van der Waals surface area (Å²) in [6.45, 7) is 4.01. The number of halogens is 3. The number of benzene rings is 1. The molecule has 21 heavy (non-hydrogen) atoms. The lowest BCUT2D eigenvalue weighted by molar-refractivity contribution is 0.497. The van der Waals surface area contributed by atoms with Gasteiger partial charge in [-0.2, -0.15) is 0 Å². The van der Waals surface area contributed by atoms with E-state index in [0.717, 1.165) is 28.1 Å². The second-order valence-electron chi connectivity index (χ2n) is 4.74. The minimum absolute atomic E-state index is 0.199. The van der Waals surface area contributed by atoms with Crippen molar-refractivity contribution in [2.45, 2.75) is 20.4 Å². The van der Waals surface area contributed by atoms with Crippen molar-refractivity contribution in [3.8, 4) is 0 Å². The smallest absolute Gasteiger partial charge is 0.194 e. The molecule has 0 saturated carbocycles. The number of nitrogens with zero attached hydrogens (tertiary/aromatic N) is 2. The number of nitrogens with one attached hydrogen (secondary N) is 1. The predicted molar refractivity (Wildman–Crippen MR) is 76.2 cm³/mol. The van der Waals surface area contributed by atoms with E-state index in [1.54, 1.807) is 0 Å². The summed E-state index contributed by atoms with van der Waals surface area (Å²) in [4.78, 5) is 5.24. The highest BCUT2D eigenvalue weighted by molar-refractivity contribution is 7.15. The normalized spacial score (nSPS) is 11.3. The Morgan fingerprint density at radius 2 is 2.00 bits per heavy atom. The first-order valence-electron chi connectivity index (χ1n) is 6.28. The highest BCUT2D eigenvalue weighted by Gasteiger charge is 2.14. The summed E-state index contributed by atoms with van der Waals surface area (Å²) in [6, 6.07) is 1.46. The zero-order valence-electron chi connectivity index (χ0n) is 11.4. The van der Waals surface area contributed by atoms with E-state index in [-0.39, 0.29) is 12.2 Å². The topological polar surface area (TPSA) is 29.3 Å². The van der Waals surface area contributed by atoms with E-state index in [0.29, 0.717) is 6.07 Å². The number of hydrogen-bond acceptors (Lipinski definition) is 3. The maximum atomic E-state index is 13.6. The van der Waals surface area contributed by atoms with Gasteiger partial charge < -0.3 is 5.32 Å². The van der Waals surface area contributed by atoms with Crippen LogP contribution in [-0.2, 0) is 6.54 Å². The van der Waals surface area contributed by atoms with E-state index in [4.69, 9.17) is 0 Å². The van der Waals surface area contributed by atoms with Gasteiger partial charge in [-0.15, -0.1) is 11.3 Å². The molecular formula is C14H12F3N3S. The second kappa shape index (κ2) is 5.07. The largest absolute Gasteiger partial charge is 0.377 e. The Kier molecular flexibility index (Phi) is 3.36. The highest BCUT2D eigenvalue weighted by Crippen LogP contribution is 2.23. The Bertz CT molecular complexity index is 823. The van der Waals surface area contributed by atoms with E-state index in [2.05, 4.69) is 10.3 Å². The summed E-state index contributed by atoms with van der Waals surface area (Å²) in [5.41, 5.74) is 2.45. The molecule has 1 N–H and O–H groups in total.